The van der Waals surface area contributed by atoms with Crippen LogP contribution < -0.4 is 0 Å². The average molecular weight is 497 g/mol. The minimum atomic E-state index is 0. The molecule has 0 fully saturated rings. The minimum absolute atomic E-state index is 0. The molecule has 0 heterocycles. The summed E-state index contributed by atoms with van der Waals surface area (Å²) in [6.07, 6.45) is 0. The predicted octanol–water partition coefficient (Wildman–Crippen LogP) is -2.59. The van der Waals surface area contributed by atoms with Crippen LogP contribution in [0.5, 0.6) is 0 Å². The van der Waals surface area contributed by atoms with E-state index in [0.29, 0.717) is 0 Å². The Morgan fingerprint density at radius 3 is 1.25 bits per heavy atom. The van der Waals surface area contributed by atoms with Crippen molar-refractivity contribution in [2.75, 3.05) is 0 Å². The van der Waals surface area contributed by atoms with Gasteiger partial charge in [0.15, 0.2) is 0 Å². The Bertz CT molecular complexity index is 8.00. The molecule has 0 bridgehead atoms. The van der Waals surface area contributed by atoms with Crippen LogP contribution in [-0.2, 0) is 0 Å². The van der Waals surface area contributed by atoms with Gasteiger partial charge in [-0.2, -0.15) is 0 Å². The quantitative estimate of drug-likeness (QED) is 0.323. The van der Waals surface area contributed by atoms with Gasteiger partial charge < -0.3 is 0 Å². The van der Waals surface area contributed by atoms with Crippen molar-refractivity contribution in [2.24, 2.45) is 0 Å². The molecule has 0 aromatic carbocycles. The summed E-state index contributed by atoms with van der Waals surface area (Å²) in [4.78, 5) is 0. The molecule has 4 heavy (non-hydrogen) atoms. The van der Waals surface area contributed by atoms with Crippen molar-refractivity contribution < 1.29 is 0 Å². The third-order valence-corrected chi connectivity index (χ3v) is 0. The van der Waals surface area contributed by atoms with E-state index >= 15 is 0 Å². The molecule has 0 N–H and O–H groups in total. The number of hydrogen-bond acceptors (Lipinski definition) is 0. The van der Waals surface area contributed by atoms with Gasteiger partial charge >= 0.3 is 105 Å². The molecule has 0 aliphatic rings. The van der Waals surface area contributed by atoms with Crippen molar-refractivity contribution in [2.45, 2.75) is 0 Å². The number of rotatable bonds is 0. The molecule has 0 rings (SSSR count). The molecule has 0 amide bonds. The summed E-state index contributed by atoms with van der Waals surface area (Å²) in [5.41, 5.74) is 0. The van der Waals surface area contributed by atoms with Crippen molar-refractivity contribution in [3.63, 3.8) is 0 Å². The summed E-state index contributed by atoms with van der Waals surface area (Å²) < 4.78 is 0. The molecule has 20 valence electrons. The Morgan fingerprint density at radius 2 is 1.25 bits per heavy atom. The van der Waals surface area contributed by atoms with E-state index in [4.69, 9.17) is 0 Å². The summed E-state index contributed by atoms with van der Waals surface area (Å²) in [7, 11) is 0. The molecule has 0 aromatic heterocycles. The first-order valence-corrected chi connectivity index (χ1v) is 7.12. The Morgan fingerprint density at radius 1 is 1.25 bits per heavy atom. The second kappa shape index (κ2) is 15.9. The van der Waals surface area contributed by atoms with Crippen LogP contribution in [0, 0.1) is 0 Å². The van der Waals surface area contributed by atoms with Crippen LogP contribution in [0.1, 0.15) is 0 Å². The van der Waals surface area contributed by atoms with E-state index in [0.717, 1.165) is 0 Å². The van der Waals surface area contributed by atoms with Crippen molar-refractivity contribution in [3.8, 4) is 0 Å². The first kappa shape index (κ1) is 15.6. The topological polar surface area (TPSA) is 0 Å². The third-order valence-electron chi connectivity index (χ3n) is 0. The van der Waals surface area contributed by atoms with Gasteiger partial charge in [0.2, 0.25) is 0 Å². The van der Waals surface area contributed by atoms with Gasteiger partial charge in [0, 0.05) is 0 Å². The van der Waals surface area contributed by atoms with Crippen LogP contribution in [0.15, 0.2) is 0 Å². The maximum atomic E-state index is 2.72. The van der Waals surface area contributed by atoms with Gasteiger partial charge in [-0.15, -0.1) is 0 Å². The second-order valence-electron chi connectivity index (χ2n) is 0. The summed E-state index contributed by atoms with van der Waals surface area (Å²) in [5.74, 6) is 0. The normalized spacial score (nSPS) is 1.00. The van der Waals surface area contributed by atoms with Crippen LogP contribution in [0.3, 0.4) is 0 Å². The van der Waals surface area contributed by atoms with Gasteiger partial charge in [0.25, 0.3) is 0 Å². The van der Waals surface area contributed by atoms with E-state index in [9.17, 15) is 0 Å². The molecular formula is H4PbSeSnSr. The zero-order valence-corrected chi connectivity index (χ0v) is 11.7. The van der Waals surface area contributed by atoms with E-state index in [2.05, 4.69) is 12.2 Å². The predicted molar refractivity (Wildman–Crippen MR) is 28.6 cm³/mol. The molecular weight excluding hydrogens is 492 g/mol. The Balaban J connectivity index is -0.00000000500. The third kappa shape index (κ3) is 9.21. The van der Waals surface area contributed by atoms with Gasteiger partial charge in [0.1, 0.15) is 0 Å². The average Bonchev–Trinajstić information content (AvgIpc) is 1.00. The van der Waals surface area contributed by atoms with Crippen molar-refractivity contribution in [3.05, 3.63) is 0 Å². The fourth-order valence-corrected chi connectivity index (χ4v) is 0. The molecule has 0 nitrogen and oxygen atoms in total. The molecule has 4 radical (unpaired) electrons. The first-order chi connectivity index (χ1) is 1.00. The van der Waals surface area contributed by atoms with Gasteiger partial charge in [-0.3, -0.25) is 0 Å². The van der Waals surface area contributed by atoms with Gasteiger partial charge in [-0.25, -0.2) is 0 Å². The van der Waals surface area contributed by atoms with Crippen molar-refractivity contribution in [1.29, 1.82) is 0 Å². The molecule has 0 aromatic rings. The molecule has 0 unspecified atom stereocenters. The van der Waals surface area contributed by atoms with Crippen LogP contribution in [0.2, 0.25) is 0 Å². The SMILES string of the molecule is [PbH2].[Se]=[Sn].[SrH2]. The van der Waals surface area contributed by atoms with Gasteiger partial charge in [0.05, 0.1) is 0 Å². The fraction of sp³-hybridized carbons (Fsp3) is 0. The standard InChI is InChI=1S/Pb.Se.Sn.Sr.4H. The Labute approximate surface area is 102 Å². The molecule has 0 atom stereocenters. The second-order valence-corrected chi connectivity index (χ2v) is 0. The Hall–Kier alpha value is 3.72. The van der Waals surface area contributed by atoms with E-state index in [1.54, 1.807) is 0 Å². The van der Waals surface area contributed by atoms with E-state index in [1.165, 1.54) is 19.7 Å². The van der Waals surface area contributed by atoms with Crippen molar-refractivity contribution >= 4 is 105 Å². The zero-order chi connectivity index (χ0) is 2.00. The molecule has 0 spiro atoms. The molecule has 4 heteroatoms. The van der Waals surface area contributed by atoms with Crippen molar-refractivity contribution in [1.82, 2.24) is 0 Å². The summed E-state index contributed by atoms with van der Waals surface area (Å²) in [6.45, 7) is 0. The fourth-order valence-electron chi connectivity index (χ4n) is 0. The molecule has 0 saturated carbocycles. The number of hydrogen-bond donors (Lipinski definition) is 0. The van der Waals surface area contributed by atoms with E-state index < -0.39 is 0 Å². The zero-order valence-electron chi connectivity index (χ0n) is 1.62. The monoisotopic (exact) mass is 500 g/mol. The van der Waals surface area contributed by atoms with Crippen LogP contribution in [-0.4, -0.2) is 105 Å². The van der Waals surface area contributed by atoms with E-state index in [-0.39, 0.29) is 72.8 Å². The van der Waals surface area contributed by atoms with Crippen LogP contribution in [0.25, 0.3) is 0 Å². The van der Waals surface area contributed by atoms with Gasteiger partial charge in [-0.05, 0) is 0 Å². The summed E-state index contributed by atoms with van der Waals surface area (Å²) in [5, 5.41) is 0. The summed E-state index contributed by atoms with van der Waals surface area (Å²) in [6, 6.07) is 0. The maximum absolute atomic E-state index is 2.72. The van der Waals surface area contributed by atoms with Gasteiger partial charge in [-0.1, -0.05) is 0 Å². The van der Waals surface area contributed by atoms with Crippen LogP contribution >= 0.6 is 0 Å². The molecule has 0 aliphatic carbocycles. The van der Waals surface area contributed by atoms with E-state index in [1.807, 2.05) is 0 Å². The molecule has 0 aliphatic heterocycles. The summed E-state index contributed by atoms with van der Waals surface area (Å²) >= 11 is 4.14. The Kier molecular flexibility index (Phi) is 62.2. The van der Waals surface area contributed by atoms with Crippen LogP contribution in [0.4, 0.5) is 0 Å². The molecule has 0 saturated heterocycles. The first-order valence-electron chi connectivity index (χ1n) is 0.204.